The molecular formula is C12H18BrClN-. The zero-order valence-electron chi connectivity index (χ0n) is 9.10. The van der Waals surface area contributed by atoms with Crippen LogP contribution in [-0.4, -0.2) is 6.54 Å². The molecule has 0 amide bonds. The molecule has 15 heavy (non-hydrogen) atoms. The van der Waals surface area contributed by atoms with E-state index in [0.29, 0.717) is 0 Å². The lowest BCUT2D eigenvalue weighted by atomic mass is 10.2. The summed E-state index contributed by atoms with van der Waals surface area (Å²) in [6.45, 7) is 4.34. The molecule has 1 aromatic rings. The molecule has 1 N–H and O–H groups in total. The van der Waals surface area contributed by atoms with Gasteiger partial charge in [-0.05, 0) is 30.7 Å². The van der Waals surface area contributed by atoms with E-state index in [-0.39, 0.29) is 12.4 Å². The lowest BCUT2D eigenvalue weighted by molar-refractivity contribution is -0.00000289. The van der Waals surface area contributed by atoms with Crippen LogP contribution in [0.1, 0.15) is 31.7 Å². The van der Waals surface area contributed by atoms with Crippen LogP contribution in [-0.2, 0) is 6.54 Å². The maximum absolute atomic E-state index is 3.44. The van der Waals surface area contributed by atoms with Crippen molar-refractivity contribution in [3.8, 4) is 0 Å². The summed E-state index contributed by atoms with van der Waals surface area (Å²) >= 11 is 3.43. The summed E-state index contributed by atoms with van der Waals surface area (Å²) in [5.74, 6) is 0. The molecule has 3 heteroatoms. The lowest BCUT2D eigenvalue weighted by Gasteiger charge is -2.04. The van der Waals surface area contributed by atoms with Gasteiger partial charge in [-0.1, -0.05) is 47.8 Å². The highest BCUT2D eigenvalue weighted by Gasteiger charge is 1.92. The molecule has 0 saturated carbocycles. The molecule has 0 heterocycles. The second-order valence-corrected chi connectivity index (χ2v) is 4.43. The van der Waals surface area contributed by atoms with E-state index in [4.69, 9.17) is 0 Å². The van der Waals surface area contributed by atoms with Gasteiger partial charge in [-0.2, -0.15) is 0 Å². The zero-order valence-corrected chi connectivity index (χ0v) is 11.4. The Kier molecular flexibility index (Phi) is 9.17. The second-order valence-electron chi connectivity index (χ2n) is 3.51. The van der Waals surface area contributed by atoms with Gasteiger partial charge in [-0.15, -0.1) is 0 Å². The molecule has 0 aliphatic heterocycles. The van der Waals surface area contributed by atoms with Gasteiger partial charge in [0.25, 0.3) is 0 Å². The minimum absolute atomic E-state index is 0. The second kappa shape index (κ2) is 9.20. The van der Waals surface area contributed by atoms with Crippen LogP contribution in [0.15, 0.2) is 28.7 Å². The molecule has 1 nitrogen and oxygen atoms in total. The van der Waals surface area contributed by atoms with E-state index in [0.717, 1.165) is 17.6 Å². The molecule has 0 fully saturated rings. The van der Waals surface area contributed by atoms with Crippen LogP contribution in [0.4, 0.5) is 0 Å². The number of halogens is 2. The van der Waals surface area contributed by atoms with Crippen LogP contribution in [0, 0.1) is 0 Å². The standard InChI is InChI=1S/C12H18BrN.ClH/c1-2-3-4-9-14-10-11-5-7-12(13)8-6-11;/h5-8,14H,2-4,9-10H2,1H3;1H/p-1. The molecule has 0 aliphatic rings. The fourth-order valence-electron chi connectivity index (χ4n) is 1.33. The van der Waals surface area contributed by atoms with Gasteiger partial charge in [0.15, 0.2) is 0 Å². The van der Waals surface area contributed by atoms with Crippen molar-refractivity contribution in [1.82, 2.24) is 5.32 Å². The van der Waals surface area contributed by atoms with Gasteiger partial charge in [-0.3, -0.25) is 0 Å². The Bertz CT molecular complexity index is 248. The molecule has 0 aromatic heterocycles. The van der Waals surface area contributed by atoms with Gasteiger partial charge in [0.1, 0.15) is 0 Å². The number of hydrogen-bond acceptors (Lipinski definition) is 1. The number of benzene rings is 1. The van der Waals surface area contributed by atoms with Crippen molar-refractivity contribution in [3.63, 3.8) is 0 Å². The summed E-state index contributed by atoms with van der Waals surface area (Å²) in [6.07, 6.45) is 3.90. The third kappa shape index (κ3) is 6.93. The molecule has 0 atom stereocenters. The first-order valence-corrected chi connectivity index (χ1v) is 6.07. The summed E-state index contributed by atoms with van der Waals surface area (Å²) in [5, 5.41) is 3.44. The van der Waals surface area contributed by atoms with E-state index in [1.54, 1.807) is 0 Å². The minimum Gasteiger partial charge on any atom is -1.00 e. The Labute approximate surface area is 107 Å². The first kappa shape index (κ1) is 14.9. The highest BCUT2D eigenvalue weighted by Crippen LogP contribution is 2.10. The van der Waals surface area contributed by atoms with E-state index >= 15 is 0 Å². The van der Waals surface area contributed by atoms with Gasteiger partial charge >= 0.3 is 0 Å². The molecule has 1 aromatic carbocycles. The molecule has 0 spiro atoms. The van der Waals surface area contributed by atoms with Gasteiger partial charge in [0.2, 0.25) is 0 Å². The van der Waals surface area contributed by atoms with Crippen molar-refractivity contribution in [2.75, 3.05) is 6.54 Å². The van der Waals surface area contributed by atoms with Gasteiger partial charge in [0.05, 0.1) is 0 Å². The molecule has 0 aliphatic carbocycles. The van der Waals surface area contributed by atoms with Crippen molar-refractivity contribution < 1.29 is 12.4 Å². The number of unbranched alkanes of at least 4 members (excludes halogenated alkanes) is 2. The molecule has 86 valence electrons. The first-order valence-electron chi connectivity index (χ1n) is 5.28. The minimum atomic E-state index is 0. The molecule has 0 unspecified atom stereocenters. The Morgan fingerprint density at radius 2 is 1.80 bits per heavy atom. The van der Waals surface area contributed by atoms with Gasteiger partial charge in [0, 0.05) is 11.0 Å². The Morgan fingerprint density at radius 3 is 2.40 bits per heavy atom. The first-order chi connectivity index (χ1) is 6.83. The van der Waals surface area contributed by atoms with Crippen molar-refractivity contribution >= 4 is 15.9 Å². The maximum Gasteiger partial charge on any atom is 0.0205 e. The summed E-state index contributed by atoms with van der Waals surface area (Å²) in [7, 11) is 0. The quantitative estimate of drug-likeness (QED) is 0.762. The Balaban J connectivity index is 0.00000196. The van der Waals surface area contributed by atoms with Crippen LogP contribution in [0.2, 0.25) is 0 Å². The van der Waals surface area contributed by atoms with E-state index < -0.39 is 0 Å². The average Bonchev–Trinajstić information content (AvgIpc) is 2.21. The van der Waals surface area contributed by atoms with Crippen molar-refractivity contribution in [2.24, 2.45) is 0 Å². The predicted molar refractivity (Wildman–Crippen MR) is 65.4 cm³/mol. The van der Waals surface area contributed by atoms with E-state index in [1.807, 2.05) is 0 Å². The highest BCUT2D eigenvalue weighted by atomic mass is 79.9. The third-order valence-electron chi connectivity index (χ3n) is 2.20. The van der Waals surface area contributed by atoms with Crippen LogP contribution in [0.25, 0.3) is 0 Å². The molecule has 0 bridgehead atoms. The third-order valence-corrected chi connectivity index (χ3v) is 2.73. The monoisotopic (exact) mass is 290 g/mol. The fourth-order valence-corrected chi connectivity index (χ4v) is 1.60. The summed E-state index contributed by atoms with van der Waals surface area (Å²) < 4.78 is 1.15. The predicted octanol–water partition coefficient (Wildman–Crippen LogP) is 0.733. The van der Waals surface area contributed by atoms with Gasteiger partial charge in [-0.25, -0.2) is 0 Å². The molecular weight excluding hydrogens is 273 g/mol. The molecule has 0 radical (unpaired) electrons. The number of nitrogens with one attached hydrogen (secondary N) is 1. The SMILES string of the molecule is CCCCCNCc1ccc(Br)cc1.[Cl-]. The normalized spacial score (nSPS) is 9.73. The summed E-state index contributed by atoms with van der Waals surface area (Å²) in [4.78, 5) is 0. The van der Waals surface area contributed by atoms with Crippen LogP contribution in [0.5, 0.6) is 0 Å². The highest BCUT2D eigenvalue weighted by molar-refractivity contribution is 9.10. The van der Waals surface area contributed by atoms with Gasteiger partial charge < -0.3 is 17.7 Å². The van der Waals surface area contributed by atoms with Crippen molar-refractivity contribution in [3.05, 3.63) is 34.3 Å². The smallest absolute Gasteiger partial charge is 0.0205 e. The molecule has 0 saturated heterocycles. The van der Waals surface area contributed by atoms with Crippen molar-refractivity contribution in [2.45, 2.75) is 32.7 Å². The van der Waals surface area contributed by atoms with Crippen molar-refractivity contribution in [1.29, 1.82) is 0 Å². The van der Waals surface area contributed by atoms with Crippen LogP contribution in [0.3, 0.4) is 0 Å². The number of rotatable bonds is 6. The fraction of sp³-hybridized carbons (Fsp3) is 0.500. The molecule has 1 rings (SSSR count). The Hall–Kier alpha value is -0.0500. The summed E-state index contributed by atoms with van der Waals surface area (Å²) in [6, 6.07) is 8.47. The van der Waals surface area contributed by atoms with Crippen LogP contribution < -0.4 is 17.7 Å². The van der Waals surface area contributed by atoms with E-state index in [9.17, 15) is 0 Å². The lowest BCUT2D eigenvalue weighted by Crippen LogP contribution is -3.00. The largest absolute Gasteiger partial charge is 1.00 e. The number of hydrogen-bond donors (Lipinski definition) is 1. The topological polar surface area (TPSA) is 12.0 Å². The average molecular weight is 292 g/mol. The van der Waals surface area contributed by atoms with Crippen LogP contribution >= 0.6 is 15.9 Å². The van der Waals surface area contributed by atoms with E-state index in [1.165, 1.54) is 24.8 Å². The summed E-state index contributed by atoms with van der Waals surface area (Å²) in [5.41, 5.74) is 1.35. The Morgan fingerprint density at radius 1 is 1.13 bits per heavy atom. The maximum atomic E-state index is 3.44. The zero-order chi connectivity index (χ0) is 10.2. The van der Waals surface area contributed by atoms with E-state index in [2.05, 4.69) is 52.4 Å².